The molecule has 1 aliphatic heterocycles. The van der Waals surface area contributed by atoms with Crippen molar-refractivity contribution < 1.29 is 28.5 Å². The van der Waals surface area contributed by atoms with Crippen LogP contribution >= 0.6 is 11.7 Å². The molecule has 0 radical (unpaired) electrons. The summed E-state index contributed by atoms with van der Waals surface area (Å²) in [6.45, 7) is 2.61. The number of ether oxygens (including phenoxy) is 5. The van der Waals surface area contributed by atoms with E-state index >= 15 is 0 Å². The topological polar surface area (TPSA) is 93.9 Å². The highest BCUT2D eigenvalue weighted by atomic mass is 32.1. The molecule has 6 rings (SSSR count). The van der Waals surface area contributed by atoms with Crippen LogP contribution in [0.3, 0.4) is 0 Å². The summed E-state index contributed by atoms with van der Waals surface area (Å²) in [6.07, 6.45) is 0. The molecule has 3 heterocycles. The molecule has 3 aromatic carbocycles. The zero-order chi connectivity index (χ0) is 25.5. The van der Waals surface area contributed by atoms with Crippen LogP contribution in [0.2, 0.25) is 0 Å². The summed E-state index contributed by atoms with van der Waals surface area (Å²) < 4.78 is 38.5. The van der Waals surface area contributed by atoms with Crippen molar-refractivity contribution in [3.63, 3.8) is 0 Å². The van der Waals surface area contributed by atoms with Gasteiger partial charge in [-0.15, -0.1) is 0 Å². The fourth-order valence-electron chi connectivity index (χ4n) is 4.70. The van der Waals surface area contributed by atoms with Crippen LogP contribution in [0.25, 0.3) is 33.1 Å². The van der Waals surface area contributed by atoms with Crippen molar-refractivity contribution in [1.82, 2.24) is 13.3 Å². The molecule has 9 nitrogen and oxygen atoms in total. The summed E-state index contributed by atoms with van der Waals surface area (Å²) >= 11 is 1.15. The predicted octanol–water partition coefficient (Wildman–Crippen LogP) is 5.28. The van der Waals surface area contributed by atoms with Crippen LogP contribution in [0, 0.1) is 0 Å². The third-order valence-electron chi connectivity index (χ3n) is 6.36. The molecular formula is C27H23N3O6S. The van der Waals surface area contributed by atoms with Crippen LogP contribution in [0.4, 0.5) is 0 Å². The first-order valence-electron chi connectivity index (χ1n) is 11.7. The van der Waals surface area contributed by atoms with Gasteiger partial charge < -0.3 is 28.3 Å². The van der Waals surface area contributed by atoms with E-state index < -0.39 is 5.97 Å². The van der Waals surface area contributed by atoms with E-state index in [9.17, 15) is 4.79 Å². The Balaban J connectivity index is 1.64. The molecule has 2 aromatic heterocycles. The highest BCUT2D eigenvalue weighted by molar-refractivity contribution is 7.00. The van der Waals surface area contributed by atoms with Crippen LogP contribution in [0.5, 0.6) is 23.0 Å². The van der Waals surface area contributed by atoms with E-state index in [0.717, 1.165) is 50.4 Å². The molecule has 0 bridgehead atoms. The highest BCUT2D eigenvalue weighted by Gasteiger charge is 2.27. The van der Waals surface area contributed by atoms with E-state index in [1.54, 1.807) is 21.1 Å². The van der Waals surface area contributed by atoms with Gasteiger partial charge in [-0.2, -0.15) is 8.75 Å². The van der Waals surface area contributed by atoms with Gasteiger partial charge in [0.25, 0.3) is 0 Å². The monoisotopic (exact) mass is 517 g/mol. The van der Waals surface area contributed by atoms with Crippen LogP contribution in [-0.2, 0) is 11.3 Å². The highest BCUT2D eigenvalue weighted by Crippen LogP contribution is 2.42. The summed E-state index contributed by atoms with van der Waals surface area (Å²) in [4.78, 5) is 13.6. The second kappa shape index (κ2) is 9.29. The van der Waals surface area contributed by atoms with Gasteiger partial charge in [-0.05, 0) is 48.4 Å². The standard InChI is InChI=1S/C27H23N3O6S/c1-4-34-27(31)26-25(16-6-7-18-19(10-16)29-37-28-18)17-11-22(32-2)23(33-3)12-20(17)30(26)13-15-5-8-21-24(9-15)36-14-35-21/h5-12H,4,13-14H2,1-3H3. The number of esters is 1. The number of methoxy groups -OCH3 is 2. The first-order chi connectivity index (χ1) is 18.1. The lowest BCUT2D eigenvalue weighted by Gasteiger charge is -2.13. The van der Waals surface area contributed by atoms with Crippen LogP contribution in [0.1, 0.15) is 23.0 Å². The first-order valence-corrected chi connectivity index (χ1v) is 12.4. The Hall–Kier alpha value is -4.31. The minimum Gasteiger partial charge on any atom is -0.493 e. The zero-order valence-electron chi connectivity index (χ0n) is 20.4. The Morgan fingerprint density at radius 3 is 2.57 bits per heavy atom. The normalized spacial score (nSPS) is 12.3. The second-order valence-electron chi connectivity index (χ2n) is 8.41. The average Bonchev–Trinajstić information content (AvgIpc) is 3.64. The molecular weight excluding hydrogens is 494 g/mol. The first kappa shape index (κ1) is 23.1. The van der Waals surface area contributed by atoms with Gasteiger partial charge in [-0.25, -0.2) is 4.79 Å². The van der Waals surface area contributed by atoms with Gasteiger partial charge in [0.2, 0.25) is 6.79 Å². The van der Waals surface area contributed by atoms with Crippen molar-refractivity contribution >= 4 is 39.6 Å². The van der Waals surface area contributed by atoms with Gasteiger partial charge >= 0.3 is 5.97 Å². The van der Waals surface area contributed by atoms with E-state index in [1.807, 2.05) is 53.1 Å². The summed E-state index contributed by atoms with van der Waals surface area (Å²) in [5, 5.41) is 0.823. The van der Waals surface area contributed by atoms with Crippen molar-refractivity contribution in [1.29, 1.82) is 0 Å². The van der Waals surface area contributed by atoms with Crippen molar-refractivity contribution in [3.8, 4) is 34.1 Å². The number of fused-ring (bicyclic) bond motifs is 3. The summed E-state index contributed by atoms with van der Waals surface area (Å²) in [5.41, 5.74) is 5.27. The summed E-state index contributed by atoms with van der Waals surface area (Å²) in [6, 6.07) is 15.3. The fourth-order valence-corrected chi connectivity index (χ4v) is 5.22. The largest absolute Gasteiger partial charge is 0.493 e. The number of carbonyl (C=O) groups excluding carboxylic acids is 1. The average molecular weight is 518 g/mol. The smallest absolute Gasteiger partial charge is 0.355 e. The molecule has 0 saturated heterocycles. The zero-order valence-corrected chi connectivity index (χ0v) is 21.3. The van der Waals surface area contributed by atoms with Gasteiger partial charge in [-0.1, -0.05) is 12.1 Å². The number of hydrogen-bond acceptors (Lipinski definition) is 9. The van der Waals surface area contributed by atoms with Gasteiger partial charge in [0.1, 0.15) is 16.7 Å². The Bertz CT molecular complexity index is 1660. The quantitative estimate of drug-likeness (QED) is 0.269. The number of carbonyl (C=O) groups is 1. The van der Waals surface area contributed by atoms with Crippen molar-refractivity contribution in [3.05, 3.63) is 59.8 Å². The van der Waals surface area contributed by atoms with E-state index in [2.05, 4.69) is 8.75 Å². The number of benzene rings is 3. The van der Waals surface area contributed by atoms with Gasteiger partial charge in [0.15, 0.2) is 23.0 Å². The number of aromatic nitrogens is 3. The molecule has 0 atom stereocenters. The Labute approximate surface area is 216 Å². The van der Waals surface area contributed by atoms with E-state index in [4.69, 9.17) is 23.7 Å². The Morgan fingerprint density at radius 1 is 0.973 bits per heavy atom. The third kappa shape index (κ3) is 3.89. The molecule has 0 aliphatic carbocycles. The van der Waals surface area contributed by atoms with Crippen molar-refractivity contribution in [2.45, 2.75) is 13.5 Å². The molecule has 0 fully saturated rings. The van der Waals surface area contributed by atoms with Crippen molar-refractivity contribution in [2.75, 3.05) is 27.6 Å². The minimum atomic E-state index is -0.427. The van der Waals surface area contributed by atoms with Gasteiger partial charge in [0, 0.05) is 23.6 Å². The number of nitrogens with zero attached hydrogens (tertiary/aromatic N) is 3. The summed E-state index contributed by atoms with van der Waals surface area (Å²) in [5.74, 6) is 2.06. The molecule has 37 heavy (non-hydrogen) atoms. The molecule has 10 heteroatoms. The lowest BCUT2D eigenvalue weighted by molar-refractivity contribution is 0.0516. The van der Waals surface area contributed by atoms with Crippen molar-refractivity contribution in [2.24, 2.45) is 0 Å². The molecule has 188 valence electrons. The maximum atomic E-state index is 13.6. The maximum absolute atomic E-state index is 13.6. The lowest BCUT2D eigenvalue weighted by atomic mass is 10.0. The van der Waals surface area contributed by atoms with Gasteiger partial charge in [-0.3, -0.25) is 0 Å². The van der Waals surface area contributed by atoms with Crippen LogP contribution in [0.15, 0.2) is 48.5 Å². The molecule has 0 N–H and O–H groups in total. The third-order valence-corrected chi connectivity index (χ3v) is 6.91. The van der Waals surface area contributed by atoms with Crippen LogP contribution in [-0.4, -0.2) is 46.9 Å². The lowest BCUT2D eigenvalue weighted by Crippen LogP contribution is -2.14. The minimum absolute atomic E-state index is 0.189. The van der Waals surface area contributed by atoms with Crippen LogP contribution < -0.4 is 18.9 Å². The number of hydrogen-bond donors (Lipinski definition) is 0. The second-order valence-corrected chi connectivity index (χ2v) is 8.94. The van der Waals surface area contributed by atoms with E-state index in [-0.39, 0.29) is 13.4 Å². The predicted molar refractivity (Wildman–Crippen MR) is 139 cm³/mol. The number of rotatable bonds is 7. The Morgan fingerprint density at radius 2 is 1.76 bits per heavy atom. The SMILES string of the molecule is CCOC(=O)c1c(-c2ccc3nsnc3c2)c2cc(OC)c(OC)cc2n1Cc1ccc2c(c1)OCO2. The summed E-state index contributed by atoms with van der Waals surface area (Å²) in [7, 11) is 3.18. The molecule has 0 amide bonds. The Kier molecular flexibility index (Phi) is 5.80. The molecule has 0 saturated carbocycles. The molecule has 5 aromatic rings. The van der Waals surface area contributed by atoms with Gasteiger partial charge in [0.05, 0.1) is 38.1 Å². The fraction of sp³-hybridized carbons (Fsp3) is 0.222. The van der Waals surface area contributed by atoms with E-state index in [0.29, 0.717) is 35.2 Å². The molecule has 1 aliphatic rings. The van der Waals surface area contributed by atoms with E-state index in [1.165, 1.54) is 0 Å². The molecule has 0 unspecified atom stereocenters. The maximum Gasteiger partial charge on any atom is 0.355 e. The molecule has 0 spiro atoms.